The minimum atomic E-state index is -3.56. The van der Waals surface area contributed by atoms with Gasteiger partial charge in [-0.2, -0.15) is 4.31 Å². The number of nitrogens with one attached hydrogen (secondary N) is 1. The first-order valence-corrected chi connectivity index (χ1v) is 12.3. The SMILES string of the molecule is CC(C)c1ccc(S(=O)(=O)N2CCC(C(=O)Nc3cccc(Cl)c3N(C)C)CC2)cc1. The molecule has 31 heavy (non-hydrogen) atoms. The van der Waals surface area contributed by atoms with E-state index in [0.29, 0.717) is 47.5 Å². The Morgan fingerprint density at radius 2 is 1.71 bits per heavy atom. The van der Waals surface area contributed by atoms with E-state index in [1.54, 1.807) is 24.3 Å². The molecule has 8 heteroatoms. The molecule has 2 aromatic carbocycles. The molecule has 1 N–H and O–H groups in total. The molecule has 0 spiro atoms. The van der Waals surface area contributed by atoms with E-state index in [9.17, 15) is 13.2 Å². The van der Waals surface area contributed by atoms with E-state index in [1.165, 1.54) is 4.31 Å². The molecule has 0 bridgehead atoms. The van der Waals surface area contributed by atoms with Gasteiger partial charge in [0.25, 0.3) is 0 Å². The zero-order valence-electron chi connectivity index (χ0n) is 18.4. The van der Waals surface area contributed by atoms with Crippen LogP contribution in [0.2, 0.25) is 5.02 Å². The van der Waals surface area contributed by atoms with Crippen molar-refractivity contribution in [2.24, 2.45) is 5.92 Å². The molecule has 1 amide bonds. The fourth-order valence-electron chi connectivity index (χ4n) is 3.84. The molecule has 0 aliphatic carbocycles. The quantitative estimate of drug-likeness (QED) is 0.681. The van der Waals surface area contributed by atoms with E-state index in [-0.39, 0.29) is 11.8 Å². The van der Waals surface area contributed by atoms with Crippen LogP contribution in [0, 0.1) is 5.92 Å². The third-order valence-electron chi connectivity index (χ3n) is 5.70. The zero-order chi connectivity index (χ0) is 22.8. The first kappa shape index (κ1) is 23.6. The van der Waals surface area contributed by atoms with Gasteiger partial charge >= 0.3 is 0 Å². The molecule has 3 rings (SSSR count). The molecular formula is C23H30ClN3O3S. The average Bonchev–Trinajstić information content (AvgIpc) is 2.73. The lowest BCUT2D eigenvalue weighted by Gasteiger charge is -2.31. The number of anilines is 2. The second-order valence-corrected chi connectivity index (χ2v) is 10.8. The number of halogens is 1. The van der Waals surface area contributed by atoms with Gasteiger partial charge in [-0.1, -0.05) is 43.6 Å². The number of para-hydroxylation sites is 1. The van der Waals surface area contributed by atoms with Gasteiger partial charge in [-0.3, -0.25) is 4.79 Å². The summed E-state index contributed by atoms with van der Waals surface area (Å²) in [5, 5.41) is 3.53. The summed E-state index contributed by atoms with van der Waals surface area (Å²) in [5.74, 6) is -0.00835. The number of carbonyl (C=O) groups is 1. The monoisotopic (exact) mass is 463 g/mol. The number of amides is 1. The molecule has 0 saturated carbocycles. The van der Waals surface area contributed by atoms with Crippen LogP contribution in [0.5, 0.6) is 0 Å². The Kier molecular flexibility index (Phi) is 7.29. The van der Waals surface area contributed by atoms with Crippen molar-refractivity contribution < 1.29 is 13.2 Å². The molecule has 0 atom stereocenters. The van der Waals surface area contributed by atoms with Crippen molar-refractivity contribution in [2.75, 3.05) is 37.4 Å². The van der Waals surface area contributed by atoms with Gasteiger partial charge in [-0.25, -0.2) is 8.42 Å². The van der Waals surface area contributed by atoms with Gasteiger partial charge in [-0.05, 0) is 48.6 Å². The number of hydrogen-bond donors (Lipinski definition) is 1. The Balaban J connectivity index is 1.65. The van der Waals surface area contributed by atoms with Crippen LogP contribution in [0.3, 0.4) is 0 Å². The smallest absolute Gasteiger partial charge is 0.243 e. The molecule has 0 radical (unpaired) electrons. The topological polar surface area (TPSA) is 69.7 Å². The number of benzene rings is 2. The van der Waals surface area contributed by atoms with Crippen molar-refractivity contribution >= 4 is 38.9 Å². The Hall–Kier alpha value is -2.09. The van der Waals surface area contributed by atoms with Crippen LogP contribution in [0.4, 0.5) is 11.4 Å². The summed E-state index contributed by atoms with van der Waals surface area (Å²) < 4.78 is 27.5. The van der Waals surface area contributed by atoms with Gasteiger partial charge in [0.2, 0.25) is 15.9 Å². The van der Waals surface area contributed by atoms with Crippen molar-refractivity contribution in [3.05, 3.63) is 53.1 Å². The van der Waals surface area contributed by atoms with Gasteiger partial charge in [0.15, 0.2) is 0 Å². The van der Waals surface area contributed by atoms with Crippen molar-refractivity contribution in [3.8, 4) is 0 Å². The summed E-state index contributed by atoms with van der Waals surface area (Å²) >= 11 is 6.28. The first-order chi connectivity index (χ1) is 14.6. The minimum absolute atomic E-state index is 0.108. The molecule has 0 aromatic heterocycles. The second kappa shape index (κ2) is 9.59. The second-order valence-electron chi connectivity index (χ2n) is 8.42. The zero-order valence-corrected chi connectivity index (χ0v) is 20.0. The summed E-state index contributed by atoms with van der Waals surface area (Å²) in [5.41, 5.74) is 2.51. The molecule has 1 heterocycles. The Morgan fingerprint density at radius 1 is 1.10 bits per heavy atom. The third-order valence-corrected chi connectivity index (χ3v) is 7.92. The lowest BCUT2D eigenvalue weighted by Crippen LogP contribution is -2.41. The van der Waals surface area contributed by atoms with Crippen LogP contribution in [0.15, 0.2) is 47.4 Å². The summed E-state index contributed by atoms with van der Waals surface area (Å²) in [6.45, 7) is 4.79. The largest absolute Gasteiger partial charge is 0.375 e. The lowest BCUT2D eigenvalue weighted by atomic mass is 9.97. The highest BCUT2D eigenvalue weighted by atomic mass is 35.5. The maximum absolute atomic E-state index is 13.0. The van der Waals surface area contributed by atoms with Gasteiger partial charge in [0.1, 0.15) is 0 Å². The van der Waals surface area contributed by atoms with Gasteiger partial charge in [0.05, 0.1) is 21.3 Å². The molecular weight excluding hydrogens is 434 g/mol. The van der Waals surface area contributed by atoms with Gasteiger partial charge in [0, 0.05) is 33.1 Å². The third kappa shape index (κ3) is 5.22. The van der Waals surface area contributed by atoms with Crippen LogP contribution >= 0.6 is 11.6 Å². The van der Waals surface area contributed by atoms with E-state index >= 15 is 0 Å². The summed E-state index contributed by atoms with van der Waals surface area (Å²) in [6.07, 6.45) is 0.958. The van der Waals surface area contributed by atoms with E-state index in [4.69, 9.17) is 11.6 Å². The molecule has 1 aliphatic heterocycles. The van der Waals surface area contributed by atoms with Crippen molar-refractivity contribution in [2.45, 2.75) is 37.5 Å². The van der Waals surface area contributed by atoms with E-state index in [1.807, 2.05) is 37.2 Å². The fourth-order valence-corrected chi connectivity index (χ4v) is 5.65. The van der Waals surface area contributed by atoms with Crippen molar-refractivity contribution in [1.29, 1.82) is 0 Å². The highest BCUT2D eigenvalue weighted by molar-refractivity contribution is 7.89. The first-order valence-electron chi connectivity index (χ1n) is 10.5. The Labute approximate surface area is 190 Å². The van der Waals surface area contributed by atoms with Crippen LogP contribution < -0.4 is 10.2 Å². The Bertz CT molecular complexity index is 1030. The van der Waals surface area contributed by atoms with Crippen LogP contribution in [0.25, 0.3) is 0 Å². The molecule has 1 saturated heterocycles. The number of rotatable bonds is 6. The summed E-state index contributed by atoms with van der Waals surface area (Å²) in [7, 11) is 0.179. The molecule has 6 nitrogen and oxygen atoms in total. The minimum Gasteiger partial charge on any atom is -0.375 e. The summed E-state index contributed by atoms with van der Waals surface area (Å²) in [6, 6.07) is 12.5. The predicted molar refractivity (Wildman–Crippen MR) is 126 cm³/mol. The number of piperidine rings is 1. The number of sulfonamides is 1. The standard InChI is InChI=1S/C23H30ClN3O3S/c1-16(2)17-8-10-19(11-9-17)31(29,30)27-14-12-18(13-15-27)23(28)25-21-7-5-6-20(24)22(21)26(3)4/h5-11,16,18H,12-15H2,1-4H3,(H,25,28). The van der Waals surface area contributed by atoms with Crippen LogP contribution in [-0.2, 0) is 14.8 Å². The maximum atomic E-state index is 13.0. The molecule has 2 aromatic rings. The molecule has 1 aliphatic rings. The van der Waals surface area contributed by atoms with Crippen LogP contribution in [0.1, 0.15) is 38.2 Å². The van der Waals surface area contributed by atoms with Crippen LogP contribution in [-0.4, -0.2) is 45.8 Å². The average molecular weight is 464 g/mol. The lowest BCUT2D eigenvalue weighted by molar-refractivity contribution is -0.120. The van der Waals surface area contributed by atoms with E-state index < -0.39 is 10.0 Å². The molecule has 168 valence electrons. The number of carbonyl (C=O) groups excluding carboxylic acids is 1. The molecule has 1 fully saturated rings. The normalized spacial score (nSPS) is 15.8. The van der Waals surface area contributed by atoms with Gasteiger partial charge in [-0.15, -0.1) is 0 Å². The highest BCUT2D eigenvalue weighted by Crippen LogP contribution is 2.33. The summed E-state index contributed by atoms with van der Waals surface area (Å²) in [4.78, 5) is 15.0. The van der Waals surface area contributed by atoms with E-state index in [0.717, 1.165) is 11.3 Å². The number of hydrogen-bond acceptors (Lipinski definition) is 4. The molecule has 0 unspecified atom stereocenters. The maximum Gasteiger partial charge on any atom is 0.243 e. The Morgan fingerprint density at radius 3 is 2.26 bits per heavy atom. The predicted octanol–water partition coefficient (Wildman–Crippen LogP) is 4.57. The number of nitrogens with zero attached hydrogens (tertiary/aromatic N) is 2. The van der Waals surface area contributed by atoms with Crippen molar-refractivity contribution in [3.63, 3.8) is 0 Å². The fraction of sp³-hybridized carbons (Fsp3) is 0.435. The van der Waals surface area contributed by atoms with Gasteiger partial charge < -0.3 is 10.2 Å². The highest BCUT2D eigenvalue weighted by Gasteiger charge is 2.32. The van der Waals surface area contributed by atoms with E-state index in [2.05, 4.69) is 19.2 Å². The van der Waals surface area contributed by atoms with Crippen molar-refractivity contribution in [1.82, 2.24) is 4.31 Å².